The molecule has 0 bridgehead atoms. The standard InChI is InChI=1S/C14H22N2O2/c1-10-5-6-12(18-4)11(7-10)9-16-14(2,3)8-13(15)17/h5-7,16H,8-9H2,1-4H3,(H2,15,17). The van der Waals surface area contributed by atoms with Crippen molar-refractivity contribution in [2.24, 2.45) is 5.73 Å². The number of ether oxygens (including phenoxy) is 1. The van der Waals surface area contributed by atoms with E-state index in [1.165, 1.54) is 5.56 Å². The summed E-state index contributed by atoms with van der Waals surface area (Å²) in [5.74, 6) is 0.548. The highest BCUT2D eigenvalue weighted by molar-refractivity contribution is 5.75. The van der Waals surface area contributed by atoms with Crippen molar-refractivity contribution < 1.29 is 9.53 Å². The first-order valence-electron chi connectivity index (χ1n) is 6.01. The van der Waals surface area contributed by atoms with Crippen molar-refractivity contribution in [3.63, 3.8) is 0 Å². The lowest BCUT2D eigenvalue weighted by Gasteiger charge is -2.25. The molecular weight excluding hydrogens is 228 g/mol. The van der Waals surface area contributed by atoms with Crippen LogP contribution in [0.15, 0.2) is 18.2 Å². The first-order chi connectivity index (χ1) is 8.34. The molecule has 1 rings (SSSR count). The third-order valence-corrected chi connectivity index (χ3v) is 2.81. The fraction of sp³-hybridized carbons (Fsp3) is 0.500. The molecule has 0 aromatic heterocycles. The van der Waals surface area contributed by atoms with Gasteiger partial charge in [0, 0.05) is 24.1 Å². The number of hydrogen-bond acceptors (Lipinski definition) is 3. The smallest absolute Gasteiger partial charge is 0.219 e. The largest absolute Gasteiger partial charge is 0.496 e. The van der Waals surface area contributed by atoms with Crippen LogP contribution < -0.4 is 15.8 Å². The van der Waals surface area contributed by atoms with Gasteiger partial charge in [0.15, 0.2) is 0 Å². The summed E-state index contributed by atoms with van der Waals surface area (Å²) < 4.78 is 5.32. The van der Waals surface area contributed by atoms with Crippen LogP contribution >= 0.6 is 0 Å². The summed E-state index contributed by atoms with van der Waals surface area (Å²) in [4.78, 5) is 11.0. The Balaban J connectivity index is 2.73. The maximum atomic E-state index is 11.0. The Morgan fingerprint density at radius 2 is 2.11 bits per heavy atom. The molecule has 0 heterocycles. The SMILES string of the molecule is COc1ccc(C)cc1CNC(C)(C)CC(N)=O. The van der Waals surface area contributed by atoms with E-state index in [4.69, 9.17) is 10.5 Å². The summed E-state index contributed by atoms with van der Waals surface area (Å²) in [6, 6.07) is 6.04. The van der Waals surface area contributed by atoms with E-state index in [1.807, 2.05) is 32.9 Å². The minimum absolute atomic E-state index is 0.302. The van der Waals surface area contributed by atoms with Crippen LogP contribution in [0.3, 0.4) is 0 Å². The molecule has 0 saturated heterocycles. The van der Waals surface area contributed by atoms with Crippen LogP contribution in [-0.4, -0.2) is 18.6 Å². The van der Waals surface area contributed by atoms with Gasteiger partial charge in [-0.2, -0.15) is 0 Å². The van der Waals surface area contributed by atoms with Crippen molar-refractivity contribution in [2.75, 3.05) is 7.11 Å². The lowest BCUT2D eigenvalue weighted by molar-refractivity contribution is -0.119. The van der Waals surface area contributed by atoms with Crippen LogP contribution in [0.1, 0.15) is 31.4 Å². The van der Waals surface area contributed by atoms with Crippen LogP contribution in [0.2, 0.25) is 0 Å². The normalized spacial score (nSPS) is 11.3. The highest BCUT2D eigenvalue weighted by Gasteiger charge is 2.20. The number of primary amides is 1. The van der Waals surface area contributed by atoms with Gasteiger partial charge in [-0.05, 0) is 26.8 Å². The number of rotatable bonds is 6. The number of aryl methyl sites for hydroxylation is 1. The van der Waals surface area contributed by atoms with Crippen LogP contribution in [0.5, 0.6) is 5.75 Å². The first kappa shape index (κ1) is 14.5. The molecule has 1 aromatic carbocycles. The van der Waals surface area contributed by atoms with Gasteiger partial charge in [0.1, 0.15) is 5.75 Å². The van der Waals surface area contributed by atoms with Crippen molar-refractivity contribution in [1.29, 1.82) is 0 Å². The van der Waals surface area contributed by atoms with E-state index in [2.05, 4.69) is 11.4 Å². The number of benzene rings is 1. The minimum atomic E-state index is -0.319. The van der Waals surface area contributed by atoms with E-state index in [-0.39, 0.29) is 11.4 Å². The number of nitrogens with two attached hydrogens (primary N) is 1. The lowest BCUT2D eigenvalue weighted by Crippen LogP contribution is -2.42. The van der Waals surface area contributed by atoms with Gasteiger partial charge >= 0.3 is 0 Å². The second-order valence-corrected chi connectivity index (χ2v) is 5.20. The topological polar surface area (TPSA) is 64.3 Å². The zero-order valence-electron chi connectivity index (χ0n) is 11.5. The summed E-state index contributed by atoms with van der Waals surface area (Å²) in [7, 11) is 1.66. The summed E-state index contributed by atoms with van der Waals surface area (Å²) in [5.41, 5.74) is 7.16. The molecule has 0 aliphatic carbocycles. The second-order valence-electron chi connectivity index (χ2n) is 5.20. The van der Waals surface area contributed by atoms with Gasteiger partial charge in [-0.1, -0.05) is 17.7 Å². The molecule has 0 atom stereocenters. The number of methoxy groups -OCH3 is 1. The van der Waals surface area contributed by atoms with Gasteiger partial charge in [-0.25, -0.2) is 0 Å². The molecule has 0 radical (unpaired) electrons. The third-order valence-electron chi connectivity index (χ3n) is 2.81. The Labute approximate surface area is 109 Å². The van der Waals surface area contributed by atoms with Gasteiger partial charge in [0.2, 0.25) is 5.91 Å². The maximum absolute atomic E-state index is 11.0. The molecule has 3 N–H and O–H groups in total. The fourth-order valence-corrected chi connectivity index (χ4v) is 1.88. The van der Waals surface area contributed by atoms with Crippen molar-refractivity contribution in [1.82, 2.24) is 5.32 Å². The molecule has 100 valence electrons. The molecule has 0 fully saturated rings. The van der Waals surface area contributed by atoms with Crippen molar-refractivity contribution in [3.05, 3.63) is 29.3 Å². The van der Waals surface area contributed by atoms with Gasteiger partial charge in [0.05, 0.1) is 7.11 Å². The summed E-state index contributed by atoms with van der Waals surface area (Å²) in [6.45, 7) is 6.60. The molecular formula is C14H22N2O2. The monoisotopic (exact) mass is 250 g/mol. The Hall–Kier alpha value is -1.55. The number of carbonyl (C=O) groups excluding carboxylic acids is 1. The summed E-state index contributed by atoms with van der Waals surface area (Å²) in [6.07, 6.45) is 0.307. The second kappa shape index (κ2) is 5.87. The van der Waals surface area contributed by atoms with E-state index in [1.54, 1.807) is 7.11 Å². The zero-order valence-corrected chi connectivity index (χ0v) is 11.5. The van der Waals surface area contributed by atoms with Crippen LogP contribution in [0.4, 0.5) is 0 Å². The molecule has 0 unspecified atom stereocenters. The quantitative estimate of drug-likeness (QED) is 0.808. The van der Waals surface area contributed by atoms with Crippen molar-refractivity contribution >= 4 is 5.91 Å². The summed E-state index contributed by atoms with van der Waals surface area (Å²) in [5, 5.41) is 3.33. The lowest BCUT2D eigenvalue weighted by atomic mass is 9.99. The molecule has 4 heteroatoms. The van der Waals surface area contributed by atoms with Crippen LogP contribution in [0, 0.1) is 6.92 Å². The van der Waals surface area contributed by atoms with Gasteiger partial charge in [-0.15, -0.1) is 0 Å². The number of nitrogens with one attached hydrogen (secondary N) is 1. The Morgan fingerprint density at radius 3 is 2.67 bits per heavy atom. The maximum Gasteiger partial charge on any atom is 0.219 e. The molecule has 1 amide bonds. The molecule has 1 aromatic rings. The average Bonchev–Trinajstić information content (AvgIpc) is 2.25. The molecule has 4 nitrogen and oxygen atoms in total. The van der Waals surface area contributed by atoms with E-state index in [0.717, 1.165) is 11.3 Å². The molecule has 0 aliphatic heterocycles. The molecule has 0 spiro atoms. The number of carbonyl (C=O) groups is 1. The predicted octanol–water partition coefficient (Wildman–Crippen LogP) is 1.75. The van der Waals surface area contributed by atoms with Gasteiger partial charge in [0.25, 0.3) is 0 Å². The van der Waals surface area contributed by atoms with Crippen LogP contribution in [0.25, 0.3) is 0 Å². The first-order valence-corrected chi connectivity index (χ1v) is 6.01. The zero-order chi connectivity index (χ0) is 13.8. The average molecular weight is 250 g/mol. The number of hydrogen-bond donors (Lipinski definition) is 2. The van der Waals surface area contributed by atoms with E-state index < -0.39 is 0 Å². The van der Waals surface area contributed by atoms with E-state index in [0.29, 0.717) is 13.0 Å². The summed E-state index contributed by atoms with van der Waals surface area (Å²) >= 11 is 0. The Morgan fingerprint density at radius 1 is 1.44 bits per heavy atom. The van der Waals surface area contributed by atoms with Crippen molar-refractivity contribution in [3.8, 4) is 5.75 Å². The van der Waals surface area contributed by atoms with Gasteiger partial charge in [-0.3, -0.25) is 4.79 Å². The Kier molecular flexibility index (Phi) is 4.73. The predicted molar refractivity (Wildman–Crippen MR) is 72.5 cm³/mol. The Bertz CT molecular complexity index is 428. The van der Waals surface area contributed by atoms with E-state index in [9.17, 15) is 4.79 Å². The van der Waals surface area contributed by atoms with E-state index >= 15 is 0 Å². The molecule has 0 aliphatic rings. The van der Waals surface area contributed by atoms with Crippen molar-refractivity contribution in [2.45, 2.75) is 39.3 Å². The molecule has 18 heavy (non-hydrogen) atoms. The highest BCUT2D eigenvalue weighted by Crippen LogP contribution is 2.20. The highest BCUT2D eigenvalue weighted by atomic mass is 16.5. The number of amides is 1. The molecule has 0 saturated carbocycles. The van der Waals surface area contributed by atoms with Crippen LogP contribution in [-0.2, 0) is 11.3 Å². The van der Waals surface area contributed by atoms with Gasteiger partial charge < -0.3 is 15.8 Å². The fourth-order valence-electron chi connectivity index (χ4n) is 1.88. The third kappa shape index (κ3) is 4.37. The minimum Gasteiger partial charge on any atom is -0.496 e.